The number of aryl methyl sites for hydroxylation is 4. The largest absolute Gasteiger partial charge is 0.493 e. The summed E-state index contributed by atoms with van der Waals surface area (Å²) in [6, 6.07) is 21.8. The van der Waals surface area contributed by atoms with Crippen LogP contribution < -0.4 is 35.7 Å². The average Bonchev–Trinajstić information content (AvgIpc) is 3.15. The zero-order valence-corrected chi connectivity index (χ0v) is 31.9. The first-order valence-electron chi connectivity index (χ1n) is 19.5. The molecule has 0 saturated carbocycles. The average molecular weight is 706 g/mol. The van der Waals surface area contributed by atoms with E-state index in [9.17, 15) is 0 Å². The van der Waals surface area contributed by atoms with Gasteiger partial charge in [-0.25, -0.2) is 0 Å². The monoisotopic (exact) mass is 705 g/mol. The van der Waals surface area contributed by atoms with E-state index in [1.807, 2.05) is 24.3 Å². The van der Waals surface area contributed by atoms with Gasteiger partial charge >= 0.3 is 0 Å². The van der Waals surface area contributed by atoms with Crippen LogP contribution in [0, 0.1) is 27.7 Å². The Morgan fingerprint density at radius 3 is 1.31 bits per heavy atom. The summed E-state index contributed by atoms with van der Waals surface area (Å²) in [6.07, 6.45) is 7.89. The standard InChI is InChI=1S/C45H59N3O4/c1-31-25-37-26-32(2)43(31)51-23-9-5-7-21-49-39-15-11-13-35(29-46)41(39)42-36(30-47)14-12-16-40(42)50-22-8-6-10-24-52-44-33(3)27-38(28-34(44)4)45(37)17-19-48-20-18-45/h11-16,25-28,48H,5-10,17-24,29-30,46-47H2,1-4H3. The molecule has 4 aliphatic heterocycles. The van der Waals surface area contributed by atoms with Crippen LogP contribution in [-0.4, -0.2) is 39.5 Å². The number of nitrogens with one attached hydrogen (secondary N) is 1. The van der Waals surface area contributed by atoms with Gasteiger partial charge in [-0.1, -0.05) is 48.5 Å². The molecule has 1 saturated heterocycles. The summed E-state index contributed by atoms with van der Waals surface area (Å²) in [5, 5.41) is 3.61. The molecule has 52 heavy (non-hydrogen) atoms. The van der Waals surface area contributed by atoms with Gasteiger partial charge < -0.3 is 35.7 Å². The van der Waals surface area contributed by atoms with Crippen LogP contribution in [0.4, 0.5) is 0 Å². The molecule has 8 rings (SSSR count). The number of fused-ring (bicyclic) bond motifs is 2. The molecule has 4 aliphatic rings. The van der Waals surface area contributed by atoms with Crippen LogP contribution in [0.3, 0.4) is 0 Å². The van der Waals surface area contributed by atoms with E-state index in [1.165, 1.54) is 33.4 Å². The van der Waals surface area contributed by atoms with Crippen molar-refractivity contribution in [3.05, 3.63) is 105 Å². The summed E-state index contributed by atoms with van der Waals surface area (Å²) in [5.41, 5.74) is 24.1. The maximum absolute atomic E-state index is 6.48. The van der Waals surface area contributed by atoms with Crippen molar-refractivity contribution in [3.63, 3.8) is 0 Å². The number of benzene rings is 4. The van der Waals surface area contributed by atoms with Crippen molar-refractivity contribution >= 4 is 0 Å². The minimum absolute atomic E-state index is 0.0515. The lowest BCUT2D eigenvalue weighted by atomic mass is 9.67. The van der Waals surface area contributed by atoms with Crippen molar-refractivity contribution in [2.75, 3.05) is 39.5 Å². The van der Waals surface area contributed by atoms with Crippen LogP contribution in [0.2, 0.25) is 0 Å². The van der Waals surface area contributed by atoms with Crippen LogP contribution in [0.15, 0.2) is 60.7 Å². The zero-order valence-electron chi connectivity index (χ0n) is 31.9. The predicted molar refractivity (Wildman–Crippen MR) is 212 cm³/mol. The highest BCUT2D eigenvalue weighted by Gasteiger charge is 2.37. The summed E-state index contributed by atoms with van der Waals surface area (Å²) < 4.78 is 25.9. The number of hydrogen-bond acceptors (Lipinski definition) is 7. The van der Waals surface area contributed by atoms with Crippen molar-refractivity contribution < 1.29 is 18.9 Å². The first-order chi connectivity index (χ1) is 25.4. The maximum Gasteiger partial charge on any atom is 0.127 e. The first-order valence-corrected chi connectivity index (χ1v) is 19.5. The van der Waals surface area contributed by atoms with Crippen LogP contribution in [-0.2, 0) is 18.5 Å². The number of nitrogens with two attached hydrogens (primary N) is 2. The lowest BCUT2D eigenvalue weighted by Gasteiger charge is -2.40. The molecule has 0 radical (unpaired) electrons. The van der Waals surface area contributed by atoms with Gasteiger partial charge in [-0.15, -0.1) is 0 Å². The molecule has 0 amide bonds. The summed E-state index contributed by atoms with van der Waals surface area (Å²) in [7, 11) is 0. The molecule has 0 aliphatic carbocycles. The Hall–Kier alpha value is -4.04. The third kappa shape index (κ3) is 8.27. The molecule has 1 spiro atoms. The molecule has 5 N–H and O–H groups in total. The normalized spacial score (nSPS) is 17.2. The second-order valence-corrected chi connectivity index (χ2v) is 14.7. The number of rotatable bonds is 2. The Balaban J connectivity index is 1.28. The Kier molecular flexibility index (Phi) is 12.8. The van der Waals surface area contributed by atoms with Crippen LogP contribution in [0.5, 0.6) is 23.0 Å². The molecule has 1 fully saturated rings. The summed E-state index contributed by atoms with van der Waals surface area (Å²) in [6.45, 7) is 14.1. The van der Waals surface area contributed by atoms with Crippen molar-refractivity contribution in [1.82, 2.24) is 5.32 Å². The molecule has 4 heterocycles. The van der Waals surface area contributed by atoms with E-state index in [1.54, 1.807) is 0 Å². The van der Waals surface area contributed by atoms with E-state index in [4.69, 9.17) is 30.4 Å². The Morgan fingerprint density at radius 2 is 0.923 bits per heavy atom. The zero-order chi connectivity index (χ0) is 36.5. The topological polar surface area (TPSA) is 101 Å². The molecule has 0 unspecified atom stereocenters. The van der Waals surface area contributed by atoms with Crippen molar-refractivity contribution in [2.24, 2.45) is 11.5 Å². The highest BCUT2D eigenvalue weighted by atomic mass is 16.5. The summed E-state index contributed by atoms with van der Waals surface area (Å²) >= 11 is 0. The van der Waals surface area contributed by atoms with Crippen molar-refractivity contribution in [3.8, 4) is 34.1 Å². The molecule has 0 atom stereocenters. The third-order valence-corrected chi connectivity index (χ3v) is 11.0. The Bertz CT molecular complexity index is 1640. The molecule has 4 aromatic carbocycles. The minimum Gasteiger partial charge on any atom is -0.493 e. The van der Waals surface area contributed by atoms with Gasteiger partial charge in [0.15, 0.2) is 0 Å². The summed E-state index contributed by atoms with van der Waals surface area (Å²) in [5.74, 6) is 3.65. The maximum atomic E-state index is 6.48. The van der Waals surface area contributed by atoms with Crippen LogP contribution in [0.1, 0.15) is 95.9 Å². The molecule has 0 aromatic heterocycles. The van der Waals surface area contributed by atoms with E-state index in [2.05, 4.69) is 69.4 Å². The molecular weight excluding hydrogens is 647 g/mol. The second kappa shape index (κ2) is 17.7. The number of piperidine rings is 1. The van der Waals surface area contributed by atoms with Gasteiger partial charge in [0.2, 0.25) is 0 Å². The predicted octanol–water partition coefficient (Wildman–Crippen LogP) is 8.74. The molecule has 7 heteroatoms. The van der Waals surface area contributed by atoms with Gasteiger partial charge in [-0.05, 0) is 149 Å². The first kappa shape index (κ1) is 37.7. The Morgan fingerprint density at radius 1 is 0.538 bits per heavy atom. The molecule has 4 aromatic rings. The van der Waals surface area contributed by atoms with Crippen LogP contribution in [0.25, 0.3) is 11.1 Å². The van der Waals surface area contributed by atoms with E-state index in [0.29, 0.717) is 39.5 Å². The molecular formula is C45H59N3O4. The van der Waals surface area contributed by atoms with E-state index in [0.717, 1.165) is 110 Å². The lowest BCUT2D eigenvalue weighted by Crippen LogP contribution is -2.41. The lowest BCUT2D eigenvalue weighted by molar-refractivity contribution is 0.276. The SMILES string of the molecule is Cc1cc2cc(C)c1OCCCCCOc1cccc(CN)c1-c1c(CN)cccc1OCCCCCOc1c(C)cc(cc1C)C21CCNCC1. The molecule has 7 nitrogen and oxygen atoms in total. The molecule has 4 bridgehead atoms. The minimum atomic E-state index is -0.0515. The Labute approximate surface area is 311 Å². The van der Waals surface area contributed by atoms with Gasteiger partial charge in [0.05, 0.1) is 26.4 Å². The van der Waals surface area contributed by atoms with Gasteiger partial charge in [0.1, 0.15) is 23.0 Å². The van der Waals surface area contributed by atoms with E-state index in [-0.39, 0.29) is 5.41 Å². The fourth-order valence-corrected chi connectivity index (χ4v) is 8.28. The van der Waals surface area contributed by atoms with Crippen LogP contribution >= 0.6 is 0 Å². The second-order valence-electron chi connectivity index (χ2n) is 14.7. The van der Waals surface area contributed by atoms with E-state index < -0.39 is 0 Å². The highest BCUT2D eigenvalue weighted by molar-refractivity contribution is 5.81. The fraction of sp³-hybridized carbons (Fsp3) is 0.467. The smallest absolute Gasteiger partial charge is 0.127 e. The van der Waals surface area contributed by atoms with Gasteiger partial charge in [-0.3, -0.25) is 0 Å². The number of hydrogen-bond donors (Lipinski definition) is 3. The van der Waals surface area contributed by atoms with Gasteiger partial charge in [-0.2, -0.15) is 0 Å². The summed E-state index contributed by atoms with van der Waals surface area (Å²) in [4.78, 5) is 0. The van der Waals surface area contributed by atoms with Crippen molar-refractivity contribution in [2.45, 2.75) is 97.6 Å². The van der Waals surface area contributed by atoms with Crippen molar-refractivity contribution in [1.29, 1.82) is 0 Å². The van der Waals surface area contributed by atoms with Gasteiger partial charge in [0.25, 0.3) is 0 Å². The molecule has 278 valence electrons. The van der Waals surface area contributed by atoms with Gasteiger partial charge in [0, 0.05) is 29.6 Å². The quantitative estimate of drug-likeness (QED) is 0.192. The third-order valence-electron chi connectivity index (χ3n) is 11.0. The van der Waals surface area contributed by atoms with E-state index >= 15 is 0 Å². The highest BCUT2D eigenvalue weighted by Crippen LogP contribution is 2.45. The fourth-order valence-electron chi connectivity index (χ4n) is 8.28. The number of ether oxygens (including phenoxy) is 4.